The molecule has 0 radical (unpaired) electrons. The summed E-state index contributed by atoms with van der Waals surface area (Å²) in [6, 6.07) is 11.1. The highest BCUT2D eigenvalue weighted by Crippen LogP contribution is 2.26. The number of carbonyl (C=O) groups is 1. The summed E-state index contributed by atoms with van der Waals surface area (Å²) in [5.41, 5.74) is 1.68. The standard InChI is InChI=1S/C21H24Cl2FN3O2/c1-14(15-5-6-18(22)19(23)12-15)26-21(28)25-13-20(27-7-9-29-10-8-27)16-3-2-4-17(24)11-16/h2-6,11-12,14,20H,7-10,13H2,1H3,(H2,25,26,28). The number of amides is 2. The van der Waals surface area contributed by atoms with Crippen molar-refractivity contribution in [3.05, 3.63) is 69.5 Å². The van der Waals surface area contributed by atoms with Crippen LogP contribution >= 0.6 is 23.2 Å². The van der Waals surface area contributed by atoms with Crippen LogP contribution in [0.25, 0.3) is 0 Å². The normalized spacial score (nSPS) is 16.8. The second kappa shape index (κ2) is 10.3. The summed E-state index contributed by atoms with van der Waals surface area (Å²) in [5.74, 6) is -0.293. The topological polar surface area (TPSA) is 53.6 Å². The summed E-state index contributed by atoms with van der Waals surface area (Å²) in [5, 5.41) is 6.72. The number of benzene rings is 2. The molecule has 8 heteroatoms. The van der Waals surface area contributed by atoms with Gasteiger partial charge in [0.1, 0.15) is 5.82 Å². The monoisotopic (exact) mass is 439 g/mol. The molecule has 1 aliphatic heterocycles. The number of urea groups is 1. The van der Waals surface area contributed by atoms with Crippen LogP contribution in [0.4, 0.5) is 9.18 Å². The average Bonchev–Trinajstić information content (AvgIpc) is 2.71. The summed E-state index contributed by atoms with van der Waals surface area (Å²) in [6.45, 7) is 4.90. The van der Waals surface area contributed by atoms with Gasteiger partial charge in [-0.1, -0.05) is 41.4 Å². The maximum absolute atomic E-state index is 13.8. The van der Waals surface area contributed by atoms with Gasteiger partial charge in [-0.05, 0) is 42.3 Å². The van der Waals surface area contributed by atoms with Crippen LogP contribution < -0.4 is 10.6 Å². The largest absolute Gasteiger partial charge is 0.379 e. The second-order valence-electron chi connectivity index (χ2n) is 6.97. The molecule has 0 bridgehead atoms. The highest BCUT2D eigenvalue weighted by molar-refractivity contribution is 6.42. The van der Waals surface area contributed by atoms with Crippen LogP contribution in [0.1, 0.15) is 30.1 Å². The van der Waals surface area contributed by atoms with E-state index in [0.29, 0.717) is 29.8 Å². The molecule has 0 aliphatic carbocycles. The third-order valence-corrected chi connectivity index (χ3v) is 5.71. The third kappa shape index (κ3) is 6.06. The van der Waals surface area contributed by atoms with Crippen LogP contribution in [0, 0.1) is 5.82 Å². The molecular formula is C21H24Cl2FN3O2. The van der Waals surface area contributed by atoms with E-state index in [2.05, 4.69) is 15.5 Å². The quantitative estimate of drug-likeness (QED) is 0.692. The molecule has 1 aliphatic rings. The summed E-state index contributed by atoms with van der Waals surface area (Å²) in [7, 11) is 0. The van der Waals surface area contributed by atoms with Gasteiger partial charge in [0.15, 0.2) is 0 Å². The number of nitrogens with zero attached hydrogens (tertiary/aromatic N) is 1. The van der Waals surface area contributed by atoms with Gasteiger partial charge < -0.3 is 15.4 Å². The molecule has 2 atom stereocenters. The molecule has 2 N–H and O–H groups in total. The second-order valence-corrected chi connectivity index (χ2v) is 7.78. The SMILES string of the molecule is CC(NC(=O)NCC(c1cccc(F)c1)N1CCOCC1)c1ccc(Cl)c(Cl)c1. The first kappa shape index (κ1) is 21.8. The Kier molecular flexibility index (Phi) is 7.72. The lowest BCUT2D eigenvalue weighted by molar-refractivity contribution is 0.0166. The van der Waals surface area contributed by atoms with Crippen molar-refractivity contribution in [2.75, 3.05) is 32.8 Å². The van der Waals surface area contributed by atoms with E-state index in [1.807, 2.05) is 19.1 Å². The van der Waals surface area contributed by atoms with E-state index < -0.39 is 0 Å². The first-order valence-electron chi connectivity index (χ1n) is 9.50. The van der Waals surface area contributed by atoms with Crippen LogP contribution in [0.2, 0.25) is 10.0 Å². The highest BCUT2D eigenvalue weighted by Gasteiger charge is 2.24. The maximum Gasteiger partial charge on any atom is 0.315 e. The molecule has 5 nitrogen and oxygen atoms in total. The zero-order valence-corrected chi connectivity index (χ0v) is 17.6. The molecule has 0 aromatic heterocycles. The van der Waals surface area contributed by atoms with E-state index in [0.717, 1.165) is 24.2 Å². The van der Waals surface area contributed by atoms with Crippen LogP contribution in [0.15, 0.2) is 42.5 Å². The molecule has 1 saturated heterocycles. The Morgan fingerprint density at radius 3 is 2.59 bits per heavy atom. The van der Waals surface area contributed by atoms with Crippen molar-refractivity contribution >= 4 is 29.2 Å². The zero-order chi connectivity index (χ0) is 20.8. The predicted octanol–water partition coefficient (Wildman–Crippen LogP) is 4.57. The minimum atomic E-state index is -0.307. The number of rotatable bonds is 6. The first-order valence-corrected chi connectivity index (χ1v) is 10.3. The lowest BCUT2D eigenvalue weighted by Crippen LogP contribution is -2.46. The zero-order valence-electron chi connectivity index (χ0n) is 16.1. The molecule has 1 heterocycles. The molecule has 0 spiro atoms. The Bertz CT molecular complexity index is 846. The van der Waals surface area contributed by atoms with Crippen molar-refractivity contribution in [3.63, 3.8) is 0 Å². The maximum atomic E-state index is 13.8. The van der Waals surface area contributed by atoms with Gasteiger partial charge in [0.2, 0.25) is 0 Å². The molecular weight excluding hydrogens is 416 g/mol. The number of nitrogens with one attached hydrogen (secondary N) is 2. The summed E-state index contributed by atoms with van der Waals surface area (Å²) in [4.78, 5) is 14.7. The first-order chi connectivity index (χ1) is 13.9. The Morgan fingerprint density at radius 2 is 1.90 bits per heavy atom. The predicted molar refractivity (Wildman–Crippen MR) is 113 cm³/mol. The van der Waals surface area contributed by atoms with Crippen LogP contribution in [-0.2, 0) is 4.74 Å². The molecule has 0 saturated carbocycles. The molecule has 2 aromatic rings. The lowest BCUT2D eigenvalue weighted by Gasteiger charge is -2.35. The van der Waals surface area contributed by atoms with Crippen molar-refractivity contribution in [2.45, 2.75) is 19.0 Å². The minimum absolute atomic E-state index is 0.138. The number of morpholine rings is 1. The fourth-order valence-corrected chi connectivity index (χ4v) is 3.67. The molecule has 156 valence electrons. The average molecular weight is 440 g/mol. The molecule has 3 rings (SSSR count). The molecule has 29 heavy (non-hydrogen) atoms. The van der Waals surface area contributed by atoms with Crippen LogP contribution in [0.3, 0.4) is 0 Å². The molecule has 2 amide bonds. The number of ether oxygens (including phenoxy) is 1. The summed E-state index contributed by atoms with van der Waals surface area (Å²) >= 11 is 12.0. The van der Waals surface area contributed by atoms with E-state index in [9.17, 15) is 9.18 Å². The van der Waals surface area contributed by atoms with Crippen LogP contribution in [-0.4, -0.2) is 43.8 Å². The van der Waals surface area contributed by atoms with Crippen molar-refractivity contribution in [3.8, 4) is 0 Å². The number of hydrogen-bond donors (Lipinski definition) is 2. The number of halogens is 3. The Morgan fingerprint density at radius 1 is 1.14 bits per heavy atom. The summed E-state index contributed by atoms with van der Waals surface area (Å²) < 4.78 is 19.2. The van der Waals surface area contributed by atoms with Gasteiger partial charge in [-0.25, -0.2) is 9.18 Å². The van der Waals surface area contributed by atoms with E-state index in [-0.39, 0.29) is 23.9 Å². The fraction of sp³-hybridized carbons (Fsp3) is 0.381. The van der Waals surface area contributed by atoms with Gasteiger partial charge in [0.05, 0.1) is 35.3 Å². The third-order valence-electron chi connectivity index (χ3n) is 4.97. The smallest absolute Gasteiger partial charge is 0.315 e. The van der Waals surface area contributed by atoms with Gasteiger partial charge in [0, 0.05) is 19.6 Å². The van der Waals surface area contributed by atoms with Crippen molar-refractivity contribution in [2.24, 2.45) is 0 Å². The van der Waals surface area contributed by atoms with Crippen molar-refractivity contribution in [1.29, 1.82) is 0 Å². The fourth-order valence-electron chi connectivity index (χ4n) is 3.36. The highest BCUT2D eigenvalue weighted by atomic mass is 35.5. The molecule has 2 unspecified atom stereocenters. The van der Waals surface area contributed by atoms with Gasteiger partial charge in [-0.3, -0.25) is 4.90 Å². The van der Waals surface area contributed by atoms with E-state index in [1.54, 1.807) is 18.2 Å². The Balaban J connectivity index is 1.63. The molecule has 2 aromatic carbocycles. The van der Waals surface area contributed by atoms with E-state index in [1.165, 1.54) is 12.1 Å². The Hall–Kier alpha value is -1.86. The van der Waals surface area contributed by atoms with Crippen molar-refractivity contribution < 1.29 is 13.9 Å². The van der Waals surface area contributed by atoms with Crippen LogP contribution in [0.5, 0.6) is 0 Å². The Labute approximate surface area is 180 Å². The van der Waals surface area contributed by atoms with Gasteiger partial charge in [-0.15, -0.1) is 0 Å². The number of carbonyl (C=O) groups excluding carboxylic acids is 1. The molecule has 1 fully saturated rings. The van der Waals surface area contributed by atoms with Crippen molar-refractivity contribution in [1.82, 2.24) is 15.5 Å². The number of hydrogen-bond acceptors (Lipinski definition) is 3. The minimum Gasteiger partial charge on any atom is -0.379 e. The lowest BCUT2D eigenvalue weighted by atomic mass is 10.0. The summed E-state index contributed by atoms with van der Waals surface area (Å²) in [6.07, 6.45) is 0. The van der Waals surface area contributed by atoms with Gasteiger partial charge in [0.25, 0.3) is 0 Å². The van der Waals surface area contributed by atoms with E-state index >= 15 is 0 Å². The van der Waals surface area contributed by atoms with Gasteiger partial charge >= 0.3 is 6.03 Å². The van der Waals surface area contributed by atoms with Gasteiger partial charge in [-0.2, -0.15) is 0 Å². The van der Waals surface area contributed by atoms with E-state index in [4.69, 9.17) is 27.9 Å².